The van der Waals surface area contributed by atoms with Gasteiger partial charge in [-0.25, -0.2) is 17.6 Å². The maximum Gasteiger partial charge on any atom is 0.344 e. The van der Waals surface area contributed by atoms with Crippen LogP contribution in [0, 0.1) is 5.82 Å². The molecule has 0 N–H and O–H groups in total. The van der Waals surface area contributed by atoms with Crippen molar-refractivity contribution in [2.75, 3.05) is 25.2 Å². The van der Waals surface area contributed by atoms with Gasteiger partial charge in [-0.3, -0.25) is 4.79 Å². The van der Waals surface area contributed by atoms with Gasteiger partial charge in [-0.1, -0.05) is 0 Å². The Morgan fingerprint density at radius 2 is 1.96 bits per heavy atom. The lowest BCUT2D eigenvalue weighted by molar-refractivity contribution is -0.160. The summed E-state index contributed by atoms with van der Waals surface area (Å²) in [6.45, 7) is 0.989. The Labute approximate surface area is 145 Å². The lowest BCUT2D eigenvalue weighted by atomic mass is 10.2. The van der Waals surface area contributed by atoms with Crippen LogP contribution in [-0.4, -0.2) is 62.5 Å². The molecule has 1 aromatic rings. The molecule has 1 amide bonds. The van der Waals surface area contributed by atoms with E-state index in [1.165, 1.54) is 43.1 Å². The number of sulfone groups is 1. The summed E-state index contributed by atoms with van der Waals surface area (Å²) in [5.74, 6) is -1.38. The molecular formula is C16H20FNO6S. The molecule has 1 saturated heterocycles. The molecule has 0 aromatic heterocycles. The second kappa shape index (κ2) is 7.81. The molecule has 0 aliphatic carbocycles. The molecule has 25 heavy (non-hydrogen) atoms. The average molecular weight is 373 g/mol. The van der Waals surface area contributed by atoms with Crippen molar-refractivity contribution >= 4 is 21.7 Å². The van der Waals surface area contributed by atoms with Crippen LogP contribution in [-0.2, 0) is 24.2 Å². The van der Waals surface area contributed by atoms with Crippen molar-refractivity contribution in [3.05, 3.63) is 30.1 Å². The highest BCUT2D eigenvalue weighted by Crippen LogP contribution is 2.18. The number of nitrogens with zero attached hydrogens (tertiary/aromatic N) is 1. The zero-order valence-electron chi connectivity index (χ0n) is 14.0. The summed E-state index contributed by atoms with van der Waals surface area (Å²) in [7, 11) is -1.62. The predicted molar refractivity (Wildman–Crippen MR) is 87.3 cm³/mol. The van der Waals surface area contributed by atoms with E-state index < -0.39 is 46.3 Å². The summed E-state index contributed by atoms with van der Waals surface area (Å²) < 4.78 is 45.9. The standard InChI is InChI=1S/C16H20FNO6S/c1-11(16(20)18(2)13-7-8-25(21,22)10-13)24-15(19)9-23-14-5-3-12(17)4-6-14/h3-6,11,13H,7-10H2,1-2H3/t11-,13+/m0/s1. The second-order valence-electron chi connectivity index (χ2n) is 5.88. The van der Waals surface area contributed by atoms with E-state index in [-0.39, 0.29) is 11.5 Å². The topological polar surface area (TPSA) is 90.0 Å². The van der Waals surface area contributed by atoms with E-state index in [0.717, 1.165) is 0 Å². The summed E-state index contributed by atoms with van der Waals surface area (Å²) in [5, 5.41) is 0. The third-order valence-electron chi connectivity index (χ3n) is 3.93. The Morgan fingerprint density at radius 1 is 1.32 bits per heavy atom. The van der Waals surface area contributed by atoms with Gasteiger partial charge in [-0.15, -0.1) is 0 Å². The van der Waals surface area contributed by atoms with E-state index in [1.807, 2.05) is 0 Å². The van der Waals surface area contributed by atoms with Crippen LogP contribution in [0.15, 0.2) is 24.3 Å². The number of rotatable bonds is 6. The molecule has 138 valence electrons. The third-order valence-corrected chi connectivity index (χ3v) is 5.68. The number of carbonyl (C=O) groups is 2. The van der Waals surface area contributed by atoms with Gasteiger partial charge < -0.3 is 14.4 Å². The zero-order valence-corrected chi connectivity index (χ0v) is 14.8. The van der Waals surface area contributed by atoms with Crippen LogP contribution in [0.2, 0.25) is 0 Å². The minimum Gasteiger partial charge on any atom is -0.482 e. The molecule has 1 fully saturated rings. The molecular weight excluding hydrogens is 353 g/mol. The van der Waals surface area contributed by atoms with Crippen molar-refractivity contribution in [3.63, 3.8) is 0 Å². The highest BCUT2D eigenvalue weighted by molar-refractivity contribution is 7.91. The quantitative estimate of drug-likeness (QED) is 0.685. The number of likely N-dealkylation sites (N-methyl/N-ethyl adjacent to an activating group) is 1. The van der Waals surface area contributed by atoms with Crippen molar-refractivity contribution < 1.29 is 31.9 Å². The Kier molecular flexibility index (Phi) is 5.99. The number of hydrogen-bond donors (Lipinski definition) is 0. The zero-order chi connectivity index (χ0) is 18.6. The van der Waals surface area contributed by atoms with Crippen LogP contribution in [0.3, 0.4) is 0 Å². The average Bonchev–Trinajstić information content (AvgIpc) is 2.93. The molecule has 7 nitrogen and oxygen atoms in total. The first-order valence-electron chi connectivity index (χ1n) is 7.73. The van der Waals surface area contributed by atoms with Gasteiger partial charge in [0, 0.05) is 13.1 Å². The first kappa shape index (κ1) is 19.2. The van der Waals surface area contributed by atoms with Gasteiger partial charge in [0.05, 0.1) is 11.5 Å². The predicted octanol–water partition coefficient (Wildman–Crippen LogP) is 0.782. The Bertz CT molecular complexity index is 733. The summed E-state index contributed by atoms with van der Waals surface area (Å²) in [4.78, 5) is 25.3. The SMILES string of the molecule is C[C@H](OC(=O)COc1ccc(F)cc1)C(=O)N(C)[C@@H]1CCS(=O)(=O)C1. The van der Waals surface area contributed by atoms with Gasteiger partial charge in [0.25, 0.3) is 5.91 Å². The molecule has 2 atom stereocenters. The molecule has 0 bridgehead atoms. The number of halogens is 1. The molecule has 1 aliphatic rings. The maximum absolute atomic E-state index is 12.8. The minimum atomic E-state index is -3.11. The van der Waals surface area contributed by atoms with Crippen LogP contribution in [0.1, 0.15) is 13.3 Å². The first-order chi connectivity index (χ1) is 11.7. The lowest BCUT2D eigenvalue weighted by Crippen LogP contribution is -2.44. The van der Waals surface area contributed by atoms with Crippen LogP contribution in [0.25, 0.3) is 0 Å². The summed E-state index contributed by atoms with van der Waals surface area (Å²) in [6, 6.07) is 4.71. The van der Waals surface area contributed by atoms with Gasteiger partial charge >= 0.3 is 5.97 Å². The van der Waals surface area contributed by atoms with Crippen molar-refractivity contribution in [3.8, 4) is 5.75 Å². The van der Waals surface area contributed by atoms with E-state index in [0.29, 0.717) is 12.2 Å². The normalized spacial score (nSPS) is 19.9. The van der Waals surface area contributed by atoms with Crippen LogP contribution in [0.4, 0.5) is 4.39 Å². The molecule has 0 radical (unpaired) electrons. The first-order valence-corrected chi connectivity index (χ1v) is 9.55. The Hall–Kier alpha value is -2.16. The minimum absolute atomic E-state index is 0.0506. The summed E-state index contributed by atoms with van der Waals surface area (Å²) >= 11 is 0. The largest absolute Gasteiger partial charge is 0.482 e. The molecule has 0 unspecified atom stereocenters. The lowest BCUT2D eigenvalue weighted by Gasteiger charge is -2.26. The smallest absolute Gasteiger partial charge is 0.344 e. The maximum atomic E-state index is 12.8. The van der Waals surface area contributed by atoms with Gasteiger partial charge in [0.1, 0.15) is 11.6 Å². The second-order valence-corrected chi connectivity index (χ2v) is 8.11. The van der Waals surface area contributed by atoms with E-state index in [4.69, 9.17) is 9.47 Å². The Balaban J connectivity index is 1.81. The fraction of sp³-hybridized carbons (Fsp3) is 0.500. The Morgan fingerprint density at radius 3 is 2.52 bits per heavy atom. The van der Waals surface area contributed by atoms with E-state index >= 15 is 0 Å². The number of ether oxygens (including phenoxy) is 2. The van der Waals surface area contributed by atoms with Gasteiger partial charge in [0.2, 0.25) is 0 Å². The highest BCUT2D eigenvalue weighted by Gasteiger charge is 2.34. The fourth-order valence-corrected chi connectivity index (χ4v) is 4.28. The van der Waals surface area contributed by atoms with Crippen molar-refractivity contribution in [2.24, 2.45) is 0 Å². The van der Waals surface area contributed by atoms with Crippen LogP contribution < -0.4 is 4.74 Å². The number of amides is 1. The van der Waals surface area contributed by atoms with E-state index in [9.17, 15) is 22.4 Å². The van der Waals surface area contributed by atoms with E-state index in [1.54, 1.807) is 0 Å². The van der Waals surface area contributed by atoms with Crippen LogP contribution >= 0.6 is 0 Å². The number of benzene rings is 1. The number of hydrogen-bond acceptors (Lipinski definition) is 6. The highest BCUT2D eigenvalue weighted by atomic mass is 32.2. The molecule has 0 spiro atoms. The van der Waals surface area contributed by atoms with E-state index in [2.05, 4.69) is 0 Å². The molecule has 2 rings (SSSR count). The van der Waals surface area contributed by atoms with Gasteiger partial charge in [-0.2, -0.15) is 0 Å². The summed E-state index contributed by atoms with van der Waals surface area (Å²) in [5.41, 5.74) is 0. The number of carbonyl (C=O) groups excluding carboxylic acids is 2. The van der Waals surface area contributed by atoms with Crippen molar-refractivity contribution in [1.82, 2.24) is 4.90 Å². The number of esters is 1. The summed E-state index contributed by atoms with van der Waals surface area (Å²) in [6.07, 6.45) is -0.684. The van der Waals surface area contributed by atoms with Gasteiger partial charge in [-0.05, 0) is 37.6 Å². The van der Waals surface area contributed by atoms with Crippen molar-refractivity contribution in [1.29, 1.82) is 0 Å². The molecule has 1 heterocycles. The molecule has 1 aliphatic heterocycles. The fourth-order valence-electron chi connectivity index (χ4n) is 2.50. The molecule has 9 heteroatoms. The third kappa shape index (κ3) is 5.42. The monoisotopic (exact) mass is 373 g/mol. The van der Waals surface area contributed by atoms with Crippen LogP contribution in [0.5, 0.6) is 5.75 Å². The molecule has 1 aromatic carbocycles. The molecule has 0 saturated carbocycles. The van der Waals surface area contributed by atoms with Crippen molar-refractivity contribution in [2.45, 2.75) is 25.5 Å². The van der Waals surface area contributed by atoms with Gasteiger partial charge in [0.15, 0.2) is 22.5 Å².